The van der Waals surface area contributed by atoms with Gasteiger partial charge in [-0.3, -0.25) is 28.8 Å². The summed E-state index contributed by atoms with van der Waals surface area (Å²) in [6.45, 7) is 7.77. The van der Waals surface area contributed by atoms with Gasteiger partial charge in [-0.1, -0.05) is 107 Å². The minimum Gasteiger partial charge on any atom is -0.361 e. The highest BCUT2D eigenvalue weighted by atomic mass is 16.2. The summed E-state index contributed by atoms with van der Waals surface area (Å²) >= 11 is 0. The molecule has 6 N–H and O–H groups in total. The minimum absolute atomic E-state index is 0.00706. The van der Waals surface area contributed by atoms with Crippen molar-refractivity contribution in [3.63, 3.8) is 0 Å². The molecule has 6 atom stereocenters. The van der Waals surface area contributed by atoms with Gasteiger partial charge in [-0.2, -0.15) is 0 Å². The van der Waals surface area contributed by atoms with Crippen LogP contribution in [0.3, 0.4) is 0 Å². The number of carbonyl (C=O) groups is 6. The number of aromatic amines is 1. The van der Waals surface area contributed by atoms with E-state index >= 15 is 0 Å². The van der Waals surface area contributed by atoms with E-state index in [0.717, 1.165) is 27.6 Å². The lowest BCUT2D eigenvalue weighted by molar-refractivity contribution is -0.143. The van der Waals surface area contributed by atoms with Crippen LogP contribution in [0.15, 0.2) is 91.1 Å². The standard InChI is InChI=1S/C45H55N7O6/c1-27(2)22-37-45(58)52-21-13-20-38(52)43(56)49-35(24-30-16-9-6-10-17-30)41(54)47-34(23-29-14-7-5-8-15-29)40(53)48-36(42(55)51-39(28(3)4)44(57)50-37)25-31-26-46-33-19-12-11-18-32(31)33/h5-12,14-19,26-28,34-39,46H,13,20-25H2,1-4H3,(H,47,54)(H,48,53)(H,49,56)(H,50,57)(H,51,55)/t34-,35-,36-,37-,38-,39-/m0/s1. The number of hydrogen-bond acceptors (Lipinski definition) is 6. The first-order valence-electron chi connectivity index (χ1n) is 20.3. The number of fused-ring (bicyclic) bond motifs is 2. The van der Waals surface area contributed by atoms with E-state index in [9.17, 15) is 28.8 Å². The molecule has 0 saturated carbocycles. The molecule has 4 aromatic rings. The second kappa shape index (κ2) is 19.0. The molecular formula is C45H55N7O6. The van der Waals surface area contributed by atoms with E-state index in [4.69, 9.17) is 0 Å². The Labute approximate surface area is 339 Å². The average Bonchev–Trinajstić information content (AvgIpc) is 3.86. The van der Waals surface area contributed by atoms with Crippen molar-refractivity contribution >= 4 is 46.3 Å². The van der Waals surface area contributed by atoms with E-state index in [1.54, 1.807) is 20.0 Å². The van der Waals surface area contributed by atoms with E-state index in [1.807, 2.05) is 98.8 Å². The van der Waals surface area contributed by atoms with Crippen LogP contribution in [0, 0.1) is 11.8 Å². The van der Waals surface area contributed by atoms with Crippen LogP contribution >= 0.6 is 0 Å². The molecule has 2 fully saturated rings. The fourth-order valence-corrected chi connectivity index (χ4v) is 7.91. The van der Waals surface area contributed by atoms with E-state index in [1.165, 1.54) is 4.90 Å². The maximum atomic E-state index is 14.5. The van der Waals surface area contributed by atoms with Gasteiger partial charge < -0.3 is 36.5 Å². The molecule has 1 aromatic heterocycles. The molecule has 0 aliphatic carbocycles. The molecule has 0 spiro atoms. The summed E-state index contributed by atoms with van der Waals surface area (Å²) in [4.78, 5) is 90.8. The number of para-hydroxylation sites is 1. The SMILES string of the molecule is CC(C)C[C@@H]1NC(=O)[C@H](C(C)C)NC(=O)[C@H](Cc2c[nH]c3ccccc23)NC(=O)[C@H](Cc2ccccc2)NC(=O)[C@H](Cc2ccccc2)NC(=O)[C@@H]2CCCN2C1=O. The smallest absolute Gasteiger partial charge is 0.245 e. The first-order valence-corrected chi connectivity index (χ1v) is 20.3. The molecule has 306 valence electrons. The van der Waals surface area contributed by atoms with Gasteiger partial charge in [0.15, 0.2) is 0 Å². The van der Waals surface area contributed by atoms with Gasteiger partial charge in [0.1, 0.15) is 36.3 Å². The molecule has 3 aromatic carbocycles. The second-order valence-electron chi connectivity index (χ2n) is 16.2. The maximum absolute atomic E-state index is 14.5. The third-order valence-electron chi connectivity index (χ3n) is 11.0. The molecular weight excluding hydrogens is 735 g/mol. The second-order valence-corrected chi connectivity index (χ2v) is 16.2. The predicted molar refractivity (Wildman–Crippen MR) is 221 cm³/mol. The lowest BCUT2D eigenvalue weighted by Gasteiger charge is -2.33. The van der Waals surface area contributed by atoms with Crippen molar-refractivity contribution in [3.05, 3.63) is 108 Å². The van der Waals surface area contributed by atoms with Gasteiger partial charge in [0.05, 0.1) is 0 Å². The number of carbonyl (C=O) groups excluding carboxylic acids is 6. The van der Waals surface area contributed by atoms with Gasteiger partial charge in [-0.15, -0.1) is 0 Å². The number of benzene rings is 3. The number of nitrogens with zero attached hydrogens (tertiary/aromatic N) is 1. The summed E-state index contributed by atoms with van der Waals surface area (Å²) in [5.74, 6) is -3.62. The quantitative estimate of drug-likeness (QED) is 0.151. The van der Waals surface area contributed by atoms with E-state index < -0.39 is 77.6 Å². The number of hydrogen-bond donors (Lipinski definition) is 6. The van der Waals surface area contributed by atoms with Gasteiger partial charge in [-0.25, -0.2) is 0 Å². The highest BCUT2D eigenvalue weighted by molar-refractivity contribution is 5.99. The Balaban J connectivity index is 1.41. The van der Waals surface area contributed by atoms with Crippen molar-refractivity contribution in [2.45, 2.75) is 102 Å². The Bertz CT molecular complexity index is 2080. The van der Waals surface area contributed by atoms with Gasteiger partial charge in [0.2, 0.25) is 35.4 Å². The van der Waals surface area contributed by atoms with Crippen LogP contribution < -0.4 is 26.6 Å². The summed E-state index contributed by atoms with van der Waals surface area (Å²) < 4.78 is 0. The van der Waals surface area contributed by atoms with Gasteiger partial charge in [0.25, 0.3) is 0 Å². The zero-order chi connectivity index (χ0) is 41.3. The summed E-state index contributed by atoms with van der Waals surface area (Å²) in [5, 5.41) is 15.5. The Kier molecular flexibility index (Phi) is 13.6. The molecule has 58 heavy (non-hydrogen) atoms. The summed E-state index contributed by atoms with van der Waals surface area (Å²) in [5.41, 5.74) is 3.16. The monoisotopic (exact) mass is 789 g/mol. The minimum atomic E-state index is -1.17. The third kappa shape index (κ3) is 10.3. The van der Waals surface area contributed by atoms with Crippen LogP contribution in [0.4, 0.5) is 0 Å². The molecule has 6 rings (SSSR count). The zero-order valence-corrected chi connectivity index (χ0v) is 33.6. The normalized spacial score (nSPS) is 24.1. The van der Waals surface area contributed by atoms with Crippen LogP contribution in [0.1, 0.15) is 63.6 Å². The summed E-state index contributed by atoms with van der Waals surface area (Å²) in [7, 11) is 0. The van der Waals surface area contributed by atoms with E-state index in [-0.39, 0.29) is 25.2 Å². The lowest BCUT2D eigenvalue weighted by Crippen LogP contribution is -2.62. The first-order chi connectivity index (χ1) is 27.9. The van der Waals surface area contributed by atoms with Crippen molar-refractivity contribution in [1.82, 2.24) is 36.5 Å². The van der Waals surface area contributed by atoms with Crippen molar-refractivity contribution in [2.75, 3.05) is 6.54 Å². The number of H-pyrrole nitrogens is 1. The molecule has 13 heteroatoms. The Morgan fingerprint density at radius 1 is 0.586 bits per heavy atom. The molecule has 3 heterocycles. The molecule has 0 radical (unpaired) electrons. The molecule has 2 aliphatic rings. The molecule has 2 aliphatic heterocycles. The molecule has 13 nitrogen and oxygen atoms in total. The van der Waals surface area contributed by atoms with Crippen LogP contribution in [0.5, 0.6) is 0 Å². The van der Waals surface area contributed by atoms with E-state index in [0.29, 0.717) is 25.8 Å². The van der Waals surface area contributed by atoms with Gasteiger partial charge in [0, 0.05) is 42.9 Å². The van der Waals surface area contributed by atoms with Crippen molar-refractivity contribution in [2.24, 2.45) is 11.8 Å². The van der Waals surface area contributed by atoms with Crippen molar-refractivity contribution < 1.29 is 28.8 Å². The molecule has 6 amide bonds. The Morgan fingerprint density at radius 2 is 1.10 bits per heavy atom. The zero-order valence-electron chi connectivity index (χ0n) is 33.6. The Morgan fingerprint density at radius 3 is 1.69 bits per heavy atom. The van der Waals surface area contributed by atoms with Crippen LogP contribution in [-0.4, -0.2) is 88.1 Å². The van der Waals surface area contributed by atoms with Crippen LogP contribution in [-0.2, 0) is 48.0 Å². The van der Waals surface area contributed by atoms with Gasteiger partial charge >= 0.3 is 0 Å². The van der Waals surface area contributed by atoms with Gasteiger partial charge in [-0.05, 0) is 53.9 Å². The summed E-state index contributed by atoms with van der Waals surface area (Å²) in [6, 6.07) is 19.7. The average molecular weight is 790 g/mol. The lowest BCUT2D eigenvalue weighted by atomic mass is 9.97. The number of amides is 6. The highest BCUT2D eigenvalue weighted by Gasteiger charge is 2.41. The van der Waals surface area contributed by atoms with Crippen LogP contribution in [0.25, 0.3) is 10.9 Å². The highest BCUT2D eigenvalue weighted by Crippen LogP contribution is 2.23. The third-order valence-corrected chi connectivity index (χ3v) is 11.0. The fraction of sp³-hybridized carbons (Fsp3) is 0.422. The van der Waals surface area contributed by atoms with Crippen molar-refractivity contribution in [1.29, 1.82) is 0 Å². The molecule has 2 saturated heterocycles. The summed E-state index contributed by atoms with van der Waals surface area (Å²) in [6.07, 6.45) is 3.30. The molecule has 0 bridgehead atoms. The number of aromatic nitrogens is 1. The largest absolute Gasteiger partial charge is 0.361 e. The maximum Gasteiger partial charge on any atom is 0.245 e. The van der Waals surface area contributed by atoms with Crippen LogP contribution in [0.2, 0.25) is 0 Å². The Hall–Kier alpha value is -5.98. The number of rotatable bonds is 9. The number of nitrogens with one attached hydrogen (secondary N) is 6. The first kappa shape index (κ1) is 41.6. The van der Waals surface area contributed by atoms with E-state index in [2.05, 4.69) is 31.6 Å². The topological polar surface area (TPSA) is 182 Å². The molecule has 0 unspecified atom stereocenters. The fourth-order valence-electron chi connectivity index (χ4n) is 7.91. The predicted octanol–water partition coefficient (Wildman–Crippen LogP) is 3.33. The van der Waals surface area contributed by atoms with Crippen molar-refractivity contribution in [3.8, 4) is 0 Å².